The van der Waals surface area contributed by atoms with Gasteiger partial charge in [0.25, 0.3) is 10.1 Å². The maximum atomic E-state index is 13.2. The number of aromatic hydroxyl groups is 1. The van der Waals surface area contributed by atoms with E-state index in [-0.39, 0.29) is 56.7 Å². The Kier molecular flexibility index (Phi) is 7.06. The third-order valence-corrected chi connectivity index (χ3v) is 4.96. The van der Waals surface area contributed by atoms with Crippen LogP contribution in [0.15, 0.2) is 57.6 Å². The van der Waals surface area contributed by atoms with Gasteiger partial charge in [-0.1, -0.05) is 17.7 Å². The molecule has 0 atom stereocenters. The van der Waals surface area contributed by atoms with Gasteiger partial charge in [-0.25, -0.2) is 0 Å². The van der Waals surface area contributed by atoms with Crippen molar-refractivity contribution in [2.75, 3.05) is 5.73 Å². The number of alkyl halides is 3. The topological polar surface area (TPSA) is 125 Å². The summed E-state index contributed by atoms with van der Waals surface area (Å²) in [7, 11) is -4.60. The summed E-state index contributed by atoms with van der Waals surface area (Å²) in [6.07, 6.45) is -4.74. The van der Waals surface area contributed by atoms with E-state index in [9.17, 15) is 26.7 Å². The van der Waals surface area contributed by atoms with E-state index in [4.69, 9.17) is 21.9 Å². The molecular weight excluding hydrogens is 458 g/mol. The Hall–Kier alpha value is -1.89. The van der Waals surface area contributed by atoms with E-state index in [1.54, 1.807) is 0 Å². The molecule has 0 bridgehead atoms. The molecule has 0 spiro atoms. The molecule has 0 aliphatic heterocycles. The molecule has 0 unspecified atom stereocenters. The first-order chi connectivity index (χ1) is 13.4. The Morgan fingerprint density at radius 1 is 1.03 bits per heavy atom. The minimum atomic E-state index is -4.74. The number of benzene rings is 3. The molecule has 4 N–H and O–H groups in total. The number of rotatable bonds is 3. The van der Waals surface area contributed by atoms with Crippen molar-refractivity contribution < 1.29 is 31.2 Å². The summed E-state index contributed by atoms with van der Waals surface area (Å²) in [5, 5.41) is 17.5. The maximum absolute atomic E-state index is 13.2. The standard InChI is InChI=1S/C17H11ClF3N3O4S.Na/c18-9-2-4-13(11(6-9)17(19,20)21)23-24-16-12(22)3-1-8-5-10(29(26,27)28)7-14(25)15(8)16;/h1-7,25H,22H2,(H,26,27,28);. The van der Waals surface area contributed by atoms with E-state index in [0.29, 0.717) is 6.07 Å². The molecule has 153 valence electrons. The van der Waals surface area contributed by atoms with Crippen LogP contribution in [0, 0.1) is 0 Å². The first kappa shape index (κ1) is 24.4. The van der Waals surface area contributed by atoms with Gasteiger partial charge in [-0.15, -0.1) is 10.2 Å². The predicted octanol–water partition coefficient (Wildman–Crippen LogP) is 5.08. The zero-order valence-corrected chi connectivity index (χ0v) is 18.7. The van der Waals surface area contributed by atoms with Crippen molar-refractivity contribution in [2.45, 2.75) is 11.1 Å². The summed E-state index contributed by atoms with van der Waals surface area (Å²) >= 11 is 5.62. The minimum Gasteiger partial charge on any atom is -0.507 e. The SMILES string of the molecule is Nc1ccc2cc(S(=O)(=O)O)cc(O)c2c1N=Nc1ccc(Cl)cc1C(F)(F)F.[Na]. The number of halogens is 4. The fourth-order valence-electron chi connectivity index (χ4n) is 2.60. The predicted molar refractivity (Wildman–Crippen MR) is 106 cm³/mol. The summed E-state index contributed by atoms with van der Waals surface area (Å²) in [6, 6.07) is 7.38. The van der Waals surface area contributed by atoms with Gasteiger partial charge >= 0.3 is 6.18 Å². The van der Waals surface area contributed by atoms with Crippen LogP contribution < -0.4 is 5.73 Å². The van der Waals surface area contributed by atoms with Crippen LogP contribution in [-0.4, -0.2) is 47.6 Å². The second-order valence-corrected chi connectivity index (χ2v) is 7.74. The van der Waals surface area contributed by atoms with Crippen molar-refractivity contribution in [3.63, 3.8) is 0 Å². The van der Waals surface area contributed by atoms with Gasteiger partial charge in [0.2, 0.25) is 0 Å². The molecule has 0 aliphatic carbocycles. The van der Waals surface area contributed by atoms with Gasteiger partial charge in [-0.05, 0) is 35.7 Å². The third kappa shape index (κ3) is 5.05. The number of anilines is 1. The van der Waals surface area contributed by atoms with E-state index < -0.39 is 38.2 Å². The first-order valence-electron chi connectivity index (χ1n) is 7.69. The Balaban J connectivity index is 0.00000320. The Morgan fingerprint density at radius 2 is 1.70 bits per heavy atom. The number of phenols is 1. The molecule has 0 fully saturated rings. The zero-order valence-electron chi connectivity index (χ0n) is 15.1. The van der Waals surface area contributed by atoms with Crippen LogP contribution in [-0.2, 0) is 16.3 Å². The van der Waals surface area contributed by atoms with Gasteiger partial charge in [-0.2, -0.15) is 21.6 Å². The van der Waals surface area contributed by atoms with E-state index in [1.165, 1.54) is 18.2 Å². The van der Waals surface area contributed by atoms with Gasteiger partial charge in [0.15, 0.2) is 0 Å². The number of fused-ring (bicyclic) bond motifs is 1. The molecule has 0 saturated carbocycles. The van der Waals surface area contributed by atoms with Crippen molar-refractivity contribution in [3.8, 4) is 5.75 Å². The second-order valence-electron chi connectivity index (χ2n) is 5.88. The molecule has 0 aromatic heterocycles. The van der Waals surface area contributed by atoms with Crippen molar-refractivity contribution in [1.29, 1.82) is 0 Å². The molecule has 30 heavy (non-hydrogen) atoms. The third-order valence-electron chi connectivity index (χ3n) is 3.89. The molecule has 0 heterocycles. The fourth-order valence-corrected chi connectivity index (χ4v) is 3.31. The molecule has 3 aromatic rings. The molecule has 7 nitrogen and oxygen atoms in total. The smallest absolute Gasteiger partial charge is 0.418 e. The van der Waals surface area contributed by atoms with Crippen LogP contribution in [0.4, 0.5) is 30.2 Å². The average Bonchev–Trinajstić information content (AvgIpc) is 2.60. The molecule has 13 heteroatoms. The van der Waals surface area contributed by atoms with Crippen LogP contribution >= 0.6 is 11.6 Å². The van der Waals surface area contributed by atoms with E-state index in [2.05, 4.69) is 10.2 Å². The monoisotopic (exact) mass is 468 g/mol. The summed E-state index contributed by atoms with van der Waals surface area (Å²) in [5.74, 6) is -0.608. The largest absolute Gasteiger partial charge is 0.507 e. The van der Waals surface area contributed by atoms with Gasteiger partial charge in [0.1, 0.15) is 11.4 Å². The summed E-state index contributed by atoms with van der Waals surface area (Å²) in [6.45, 7) is 0. The molecule has 3 rings (SSSR count). The average molecular weight is 469 g/mol. The van der Waals surface area contributed by atoms with E-state index >= 15 is 0 Å². The van der Waals surface area contributed by atoms with Gasteiger partial charge < -0.3 is 10.8 Å². The number of nitrogens with two attached hydrogens (primary N) is 1. The van der Waals surface area contributed by atoms with Crippen LogP contribution in [0.25, 0.3) is 10.8 Å². The number of phenolic OH excluding ortho intramolecular Hbond substituents is 1. The van der Waals surface area contributed by atoms with Crippen molar-refractivity contribution in [3.05, 3.63) is 53.1 Å². The Labute approximate surface area is 195 Å². The number of hydrogen-bond acceptors (Lipinski definition) is 6. The quantitative estimate of drug-likeness (QED) is 0.214. The normalized spacial score (nSPS) is 12.3. The fraction of sp³-hybridized carbons (Fsp3) is 0.0588. The summed E-state index contributed by atoms with van der Waals surface area (Å²) < 4.78 is 71.4. The summed E-state index contributed by atoms with van der Waals surface area (Å²) in [5.41, 5.74) is 3.96. The van der Waals surface area contributed by atoms with Gasteiger partial charge in [-0.3, -0.25) is 4.55 Å². The van der Waals surface area contributed by atoms with Crippen LogP contribution in [0.5, 0.6) is 5.75 Å². The van der Waals surface area contributed by atoms with E-state index in [0.717, 1.165) is 18.2 Å². The van der Waals surface area contributed by atoms with Crippen LogP contribution in [0.3, 0.4) is 0 Å². The van der Waals surface area contributed by atoms with Crippen LogP contribution in [0.1, 0.15) is 5.56 Å². The molecule has 0 amide bonds. The Morgan fingerprint density at radius 3 is 2.30 bits per heavy atom. The Bertz CT molecular complexity index is 1270. The van der Waals surface area contributed by atoms with E-state index in [1.807, 2.05) is 0 Å². The number of hydrogen-bond donors (Lipinski definition) is 3. The van der Waals surface area contributed by atoms with Crippen molar-refractivity contribution >= 4 is 79.1 Å². The molecule has 0 aliphatic rings. The van der Waals surface area contributed by atoms with Crippen LogP contribution in [0.2, 0.25) is 5.02 Å². The number of azo groups is 1. The van der Waals surface area contributed by atoms with Crippen molar-refractivity contribution in [2.24, 2.45) is 10.2 Å². The van der Waals surface area contributed by atoms with Crippen molar-refractivity contribution in [1.82, 2.24) is 0 Å². The second kappa shape index (κ2) is 8.69. The number of nitrogen functional groups attached to an aromatic ring is 1. The van der Waals surface area contributed by atoms with Gasteiger partial charge in [0, 0.05) is 40.6 Å². The summed E-state index contributed by atoms with van der Waals surface area (Å²) in [4.78, 5) is -0.577. The molecular formula is C17H11ClF3N3NaO4S. The molecule has 3 aromatic carbocycles. The maximum Gasteiger partial charge on any atom is 0.418 e. The number of nitrogens with zero attached hydrogens (tertiary/aromatic N) is 2. The zero-order chi connectivity index (χ0) is 21.6. The first-order valence-corrected chi connectivity index (χ1v) is 9.51. The molecule has 1 radical (unpaired) electrons. The van der Waals surface area contributed by atoms with Gasteiger partial charge in [0.05, 0.1) is 27.2 Å². The molecule has 0 saturated heterocycles. The minimum absolute atomic E-state index is 0.